The van der Waals surface area contributed by atoms with E-state index in [0.717, 1.165) is 12.8 Å². The summed E-state index contributed by atoms with van der Waals surface area (Å²) >= 11 is 0. The molecular formula is C13H26N2O. The number of rotatable bonds is 8. The fourth-order valence-electron chi connectivity index (χ4n) is 1.72. The van der Waals surface area contributed by atoms with Crippen molar-refractivity contribution in [3.05, 3.63) is 0 Å². The summed E-state index contributed by atoms with van der Waals surface area (Å²) in [5.74, 6) is 0.665. The molecule has 0 bridgehead atoms. The van der Waals surface area contributed by atoms with E-state index in [1.807, 2.05) is 6.92 Å². The van der Waals surface area contributed by atoms with Crippen molar-refractivity contribution >= 4 is 0 Å². The summed E-state index contributed by atoms with van der Waals surface area (Å²) in [5, 5.41) is 8.90. The lowest BCUT2D eigenvalue weighted by atomic mass is 9.94. The molecule has 0 aliphatic rings. The molecule has 0 spiro atoms. The van der Waals surface area contributed by atoms with Crippen molar-refractivity contribution in [3.8, 4) is 6.07 Å². The molecule has 16 heavy (non-hydrogen) atoms. The first-order chi connectivity index (χ1) is 7.43. The van der Waals surface area contributed by atoms with Gasteiger partial charge in [0.2, 0.25) is 0 Å². The summed E-state index contributed by atoms with van der Waals surface area (Å²) in [6.07, 6.45) is 3.66. The number of nitrogens with zero attached hydrogens (tertiary/aromatic N) is 1. The lowest BCUT2D eigenvalue weighted by molar-refractivity contribution is 0.0479. The molecule has 2 atom stereocenters. The molecule has 2 unspecified atom stereocenters. The van der Waals surface area contributed by atoms with Gasteiger partial charge in [0.25, 0.3) is 0 Å². The van der Waals surface area contributed by atoms with Crippen molar-refractivity contribution in [2.75, 3.05) is 6.61 Å². The van der Waals surface area contributed by atoms with Gasteiger partial charge in [-0.1, -0.05) is 20.8 Å². The van der Waals surface area contributed by atoms with Crippen LogP contribution < -0.4 is 5.73 Å². The Morgan fingerprint density at radius 1 is 1.38 bits per heavy atom. The standard InChI is InChI=1S/C13H26N2O/c1-5-13(15,10-14)7-6-8-16-12(4)9-11(2)3/h11-12H,5-9,15H2,1-4H3. The van der Waals surface area contributed by atoms with Crippen molar-refractivity contribution in [3.63, 3.8) is 0 Å². The molecule has 0 heterocycles. The van der Waals surface area contributed by atoms with Crippen LogP contribution in [0.15, 0.2) is 0 Å². The van der Waals surface area contributed by atoms with E-state index in [-0.39, 0.29) is 0 Å². The van der Waals surface area contributed by atoms with Crippen molar-refractivity contribution < 1.29 is 4.74 Å². The zero-order valence-corrected chi connectivity index (χ0v) is 11.1. The number of ether oxygens (including phenoxy) is 1. The second-order valence-corrected chi connectivity index (χ2v) is 5.04. The molecule has 0 aliphatic carbocycles. The van der Waals surface area contributed by atoms with Crippen molar-refractivity contribution in [1.82, 2.24) is 0 Å². The summed E-state index contributed by atoms with van der Waals surface area (Å²) in [7, 11) is 0. The number of hydrogen-bond donors (Lipinski definition) is 1. The molecule has 0 aromatic rings. The molecule has 94 valence electrons. The Hall–Kier alpha value is -0.590. The predicted octanol–water partition coefficient (Wildman–Crippen LogP) is 2.85. The Balaban J connectivity index is 3.64. The van der Waals surface area contributed by atoms with E-state index < -0.39 is 5.54 Å². The lowest BCUT2D eigenvalue weighted by Crippen LogP contribution is -2.37. The topological polar surface area (TPSA) is 59.0 Å². The fraction of sp³-hybridized carbons (Fsp3) is 0.923. The van der Waals surface area contributed by atoms with E-state index in [2.05, 4.69) is 26.8 Å². The zero-order valence-electron chi connectivity index (χ0n) is 11.1. The van der Waals surface area contributed by atoms with Crippen LogP contribution in [0.1, 0.15) is 53.4 Å². The highest BCUT2D eigenvalue weighted by Gasteiger charge is 2.21. The molecular weight excluding hydrogens is 200 g/mol. The van der Waals surface area contributed by atoms with Crippen LogP contribution in [0.5, 0.6) is 0 Å². The van der Waals surface area contributed by atoms with Gasteiger partial charge in [-0.25, -0.2) is 0 Å². The third-order valence-corrected chi connectivity index (χ3v) is 2.83. The third kappa shape index (κ3) is 6.81. The van der Waals surface area contributed by atoms with Crippen LogP contribution in [0.2, 0.25) is 0 Å². The second-order valence-electron chi connectivity index (χ2n) is 5.04. The maximum atomic E-state index is 8.90. The van der Waals surface area contributed by atoms with Crippen LogP contribution in [-0.4, -0.2) is 18.2 Å². The van der Waals surface area contributed by atoms with E-state index in [9.17, 15) is 0 Å². The Morgan fingerprint density at radius 2 is 2.00 bits per heavy atom. The quantitative estimate of drug-likeness (QED) is 0.647. The van der Waals surface area contributed by atoms with Gasteiger partial charge in [-0.05, 0) is 38.5 Å². The van der Waals surface area contributed by atoms with Gasteiger partial charge in [0.1, 0.15) is 5.54 Å². The number of nitriles is 1. The Labute approximate surface area is 100.0 Å². The average molecular weight is 226 g/mol. The summed E-state index contributed by atoms with van der Waals surface area (Å²) in [4.78, 5) is 0. The molecule has 0 aromatic heterocycles. The van der Waals surface area contributed by atoms with Crippen LogP contribution in [0, 0.1) is 17.2 Å². The van der Waals surface area contributed by atoms with E-state index in [1.54, 1.807) is 0 Å². The normalized spacial score (nSPS) is 16.8. The van der Waals surface area contributed by atoms with Gasteiger partial charge in [-0.15, -0.1) is 0 Å². The maximum Gasteiger partial charge on any atom is 0.104 e. The molecule has 0 saturated heterocycles. The van der Waals surface area contributed by atoms with E-state index in [1.165, 1.54) is 0 Å². The molecule has 0 aromatic carbocycles. The molecule has 0 rings (SSSR count). The van der Waals surface area contributed by atoms with Gasteiger partial charge in [-0.2, -0.15) is 5.26 Å². The highest BCUT2D eigenvalue weighted by molar-refractivity contribution is 5.03. The molecule has 0 aliphatic heterocycles. The number of nitrogens with two attached hydrogens (primary N) is 1. The van der Waals surface area contributed by atoms with Crippen LogP contribution in [0.25, 0.3) is 0 Å². The van der Waals surface area contributed by atoms with Gasteiger partial charge < -0.3 is 10.5 Å². The predicted molar refractivity (Wildman–Crippen MR) is 66.9 cm³/mol. The van der Waals surface area contributed by atoms with E-state index >= 15 is 0 Å². The Kier molecular flexibility index (Phi) is 7.36. The molecule has 2 N–H and O–H groups in total. The second kappa shape index (κ2) is 7.65. The van der Waals surface area contributed by atoms with Crippen molar-refractivity contribution in [2.45, 2.75) is 65.0 Å². The minimum atomic E-state index is -0.662. The largest absolute Gasteiger partial charge is 0.378 e. The smallest absolute Gasteiger partial charge is 0.104 e. The van der Waals surface area contributed by atoms with Gasteiger partial charge in [-0.3, -0.25) is 0 Å². The molecule has 3 nitrogen and oxygen atoms in total. The highest BCUT2D eigenvalue weighted by Crippen LogP contribution is 2.14. The zero-order chi connectivity index (χ0) is 12.6. The van der Waals surface area contributed by atoms with E-state index in [4.69, 9.17) is 15.7 Å². The van der Waals surface area contributed by atoms with Gasteiger partial charge in [0.15, 0.2) is 0 Å². The van der Waals surface area contributed by atoms with Crippen molar-refractivity contribution in [2.24, 2.45) is 11.7 Å². The first-order valence-electron chi connectivity index (χ1n) is 6.25. The van der Waals surface area contributed by atoms with Gasteiger partial charge in [0.05, 0.1) is 12.2 Å². The molecule has 0 amide bonds. The molecule has 0 radical (unpaired) electrons. The third-order valence-electron chi connectivity index (χ3n) is 2.83. The maximum absolute atomic E-state index is 8.90. The van der Waals surface area contributed by atoms with Crippen LogP contribution in [0.3, 0.4) is 0 Å². The first kappa shape index (κ1) is 15.4. The fourth-order valence-corrected chi connectivity index (χ4v) is 1.72. The molecule has 0 saturated carbocycles. The lowest BCUT2D eigenvalue weighted by Gasteiger charge is -2.20. The van der Waals surface area contributed by atoms with Crippen LogP contribution in [-0.2, 0) is 4.74 Å². The van der Waals surface area contributed by atoms with Gasteiger partial charge >= 0.3 is 0 Å². The van der Waals surface area contributed by atoms with Crippen LogP contribution in [0.4, 0.5) is 0 Å². The Bertz CT molecular complexity index is 222. The summed E-state index contributed by atoms with van der Waals surface area (Å²) in [5.41, 5.74) is 5.22. The average Bonchev–Trinajstić information content (AvgIpc) is 2.23. The minimum Gasteiger partial charge on any atom is -0.378 e. The molecule has 0 fully saturated rings. The van der Waals surface area contributed by atoms with Gasteiger partial charge in [0, 0.05) is 6.61 Å². The minimum absolute atomic E-state index is 0.302. The van der Waals surface area contributed by atoms with Crippen LogP contribution >= 0.6 is 0 Å². The van der Waals surface area contributed by atoms with E-state index in [0.29, 0.717) is 31.5 Å². The first-order valence-corrected chi connectivity index (χ1v) is 6.25. The van der Waals surface area contributed by atoms with Crippen molar-refractivity contribution in [1.29, 1.82) is 5.26 Å². The number of hydrogen-bond acceptors (Lipinski definition) is 3. The monoisotopic (exact) mass is 226 g/mol. The summed E-state index contributed by atoms with van der Waals surface area (Å²) < 4.78 is 5.67. The highest BCUT2D eigenvalue weighted by atomic mass is 16.5. The SMILES string of the molecule is CCC(N)(C#N)CCCOC(C)CC(C)C. The summed E-state index contributed by atoms with van der Waals surface area (Å²) in [6, 6.07) is 2.17. The Morgan fingerprint density at radius 3 is 2.44 bits per heavy atom. The molecule has 3 heteroatoms. The summed E-state index contributed by atoms with van der Waals surface area (Å²) in [6.45, 7) is 9.13.